The Morgan fingerprint density at radius 2 is 2.26 bits per heavy atom. The summed E-state index contributed by atoms with van der Waals surface area (Å²) in [4.78, 5) is 16.4. The average Bonchev–Trinajstić information content (AvgIpc) is 3.13. The van der Waals surface area contributed by atoms with Gasteiger partial charge in [-0.25, -0.2) is 4.98 Å². The molecule has 0 bridgehead atoms. The number of hydrogen-bond donors (Lipinski definition) is 3. The second-order valence-corrected chi connectivity index (χ2v) is 5.44. The van der Waals surface area contributed by atoms with Crippen LogP contribution in [0.1, 0.15) is 34.8 Å². The molecular formula is C13H13N3O2S. The summed E-state index contributed by atoms with van der Waals surface area (Å²) in [5, 5.41) is 14.6. The second kappa shape index (κ2) is 4.55. The van der Waals surface area contributed by atoms with E-state index < -0.39 is 0 Å². The molecule has 1 aliphatic carbocycles. The molecule has 1 saturated carbocycles. The molecule has 0 saturated heterocycles. The molecule has 3 rings (SSSR count). The molecule has 0 atom stereocenters. The quantitative estimate of drug-likeness (QED) is 0.593. The highest BCUT2D eigenvalue weighted by Gasteiger charge is 2.26. The van der Waals surface area contributed by atoms with Gasteiger partial charge in [0.25, 0.3) is 5.91 Å². The highest BCUT2D eigenvalue weighted by Crippen LogP contribution is 2.40. The molecule has 1 fully saturated rings. The first kappa shape index (κ1) is 12.0. The summed E-state index contributed by atoms with van der Waals surface area (Å²) in [7, 11) is 0. The fraction of sp³-hybridized carbons (Fsp3) is 0.231. The maximum Gasteiger partial charge on any atom is 0.259 e. The maximum atomic E-state index is 12.0. The molecule has 1 aromatic carbocycles. The lowest BCUT2D eigenvalue weighted by molar-refractivity contribution is 0.102. The maximum absolute atomic E-state index is 12.0. The number of aromatic nitrogens is 1. The van der Waals surface area contributed by atoms with Crippen LogP contribution in [0, 0.1) is 0 Å². The summed E-state index contributed by atoms with van der Waals surface area (Å²) in [6, 6.07) is 4.29. The van der Waals surface area contributed by atoms with Gasteiger partial charge in [0.15, 0.2) is 5.13 Å². The number of anilines is 2. The number of nitrogens with one attached hydrogen (secondary N) is 1. The van der Waals surface area contributed by atoms with Crippen LogP contribution in [0.5, 0.6) is 5.75 Å². The van der Waals surface area contributed by atoms with Crippen LogP contribution in [0.3, 0.4) is 0 Å². The van der Waals surface area contributed by atoms with Gasteiger partial charge < -0.3 is 10.8 Å². The van der Waals surface area contributed by atoms with Crippen molar-refractivity contribution in [2.45, 2.75) is 18.8 Å². The topological polar surface area (TPSA) is 88.2 Å². The molecule has 1 aromatic heterocycles. The van der Waals surface area contributed by atoms with E-state index >= 15 is 0 Å². The highest BCUT2D eigenvalue weighted by atomic mass is 32.1. The summed E-state index contributed by atoms with van der Waals surface area (Å²) >= 11 is 1.40. The van der Waals surface area contributed by atoms with Gasteiger partial charge in [0.05, 0.1) is 11.3 Å². The Morgan fingerprint density at radius 1 is 1.47 bits per heavy atom. The van der Waals surface area contributed by atoms with E-state index in [1.165, 1.54) is 42.4 Å². The monoisotopic (exact) mass is 275 g/mol. The molecule has 98 valence electrons. The molecule has 0 unspecified atom stereocenters. The number of rotatable bonds is 3. The van der Waals surface area contributed by atoms with Gasteiger partial charge in [-0.15, -0.1) is 11.3 Å². The molecule has 5 nitrogen and oxygen atoms in total. The number of carbonyl (C=O) groups is 1. The molecular weight excluding hydrogens is 262 g/mol. The van der Waals surface area contributed by atoms with Crippen molar-refractivity contribution >= 4 is 28.1 Å². The Bertz CT molecular complexity index is 635. The fourth-order valence-corrected chi connectivity index (χ4v) is 2.60. The lowest BCUT2D eigenvalue weighted by Gasteiger charge is -2.05. The summed E-state index contributed by atoms with van der Waals surface area (Å²) in [5.41, 5.74) is 7.35. The van der Waals surface area contributed by atoms with Gasteiger partial charge in [0.2, 0.25) is 0 Å². The van der Waals surface area contributed by atoms with Gasteiger partial charge in [-0.1, -0.05) is 0 Å². The van der Waals surface area contributed by atoms with E-state index in [9.17, 15) is 9.90 Å². The van der Waals surface area contributed by atoms with Gasteiger partial charge in [-0.2, -0.15) is 0 Å². The molecule has 0 spiro atoms. The smallest absolute Gasteiger partial charge is 0.259 e. The van der Waals surface area contributed by atoms with Gasteiger partial charge in [-0.3, -0.25) is 10.1 Å². The Kier molecular flexibility index (Phi) is 2.87. The lowest BCUT2D eigenvalue weighted by atomic mass is 10.1. The predicted octanol–water partition coefficient (Wildman–Crippen LogP) is 2.56. The van der Waals surface area contributed by atoms with E-state index in [2.05, 4.69) is 10.3 Å². The Labute approximate surface area is 114 Å². The number of phenolic OH excluding ortho intramolecular Hbond substituents is 1. The molecule has 19 heavy (non-hydrogen) atoms. The van der Waals surface area contributed by atoms with Gasteiger partial charge in [0, 0.05) is 17.0 Å². The summed E-state index contributed by atoms with van der Waals surface area (Å²) in [6.45, 7) is 0. The third-order valence-electron chi connectivity index (χ3n) is 3.02. The molecule has 2 aromatic rings. The molecule has 4 N–H and O–H groups in total. The largest absolute Gasteiger partial charge is 0.508 e. The normalized spacial score (nSPS) is 14.3. The Hall–Kier alpha value is -2.08. The summed E-state index contributed by atoms with van der Waals surface area (Å²) in [6.07, 6.45) is 2.35. The zero-order valence-electron chi connectivity index (χ0n) is 10.1. The lowest BCUT2D eigenvalue weighted by Crippen LogP contribution is -2.13. The van der Waals surface area contributed by atoms with Crippen LogP contribution in [0.25, 0.3) is 0 Å². The second-order valence-electron chi connectivity index (χ2n) is 4.58. The standard InChI is InChI=1S/C13H13N3O2S/c14-10-4-3-8(17)5-9(10)12(18)16-13-15-11(6-19-13)7-1-2-7/h3-7,17H,1-2,14H2,(H,15,16,18). The number of aromatic hydroxyl groups is 1. The van der Waals surface area contributed by atoms with Crippen LogP contribution in [0.15, 0.2) is 23.6 Å². The molecule has 1 aliphatic rings. The Balaban J connectivity index is 1.77. The van der Waals surface area contributed by atoms with E-state index in [4.69, 9.17) is 5.73 Å². The van der Waals surface area contributed by atoms with Crippen molar-refractivity contribution < 1.29 is 9.90 Å². The Morgan fingerprint density at radius 3 is 3.00 bits per heavy atom. The van der Waals surface area contributed by atoms with Crippen LogP contribution in [0.2, 0.25) is 0 Å². The van der Waals surface area contributed by atoms with Crippen molar-refractivity contribution in [3.8, 4) is 5.75 Å². The number of phenols is 1. The van der Waals surface area contributed by atoms with Crippen molar-refractivity contribution in [3.05, 3.63) is 34.8 Å². The van der Waals surface area contributed by atoms with Crippen LogP contribution in [-0.2, 0) is 0 Å². The highest BCUT2D eigenvalue weighted by molar-refractivity contribution is 7.14. The minimum absolute atomic E-state index is 0.0113. The van der Waals surface area contributed by atoms with E-state index in [0.29, 0.717) is 16.7 Å². The van der Waals surface area contributed by atoms with Crippen LogP contribution in [0.4, 0.5) is 10.8 Å². The number of nitrogens with zero attached hydrogens (tertiary/aromatic N) is 1. The fourth-order valence-electron chi connectivity index (χ4n) is 1.82. The van der Waals surface area contributed by atoms with Crippen LogP contribution >= 0.6 is 11.3 Å². The SMILES string of the molecule is Nc1ccc(O)cc1C(=O)Nc1nc(C2CC2)cs1. The van der Waals surface area contributed by atoms with E-state index in [1.54, 1.807) is 0 Å². The number of benzene rings is 1. The number of nitrogen functional groups attached to an aromatic ring is 1. The van der Waals surface area contributed by atoms with E-state index in [1.807, 2.05) is 5.38 Å². The third-order valence-corrected chi connectivity index (χ3v) is 3.80. The number of hydrogen-bond acceptors (Lipinski definition) is 5. The van der Waals surface area contributed by atoms with E-state index in [0.717, 1.165) is 5.69 Å². The van der Waals surface area contributed by atoms with Gasteiger partial charge in [0.1, 0.15) is 5.75 Å². The number of thiazole rings is 1. The number of nitrogens with two attached hydrogens (primary N) is 1. The van der Waals surface area contributed by atoms with Gasteiger partial charge in [-0.05, 0) is 31.0 Å². The molecule has 1 amide bonds. The zero-order chi connectivity index (χ0) is 13.4. The van der Waals surface area contributed by atoms with Crippen molar-refractivity contribution in [2.75, 3.05) is 11.1 Å². The zero-order valence-corrected chi connectivity index (χ0v) is 10.9. The van der Waals surface area contributed by atoms with Crippen LogP contribution < -0.4 is 11.1 Å². The van der Waals surface area contributed by atoms with Crippen LogP contribution in [-0.4, -0.2) is 16.0 Å². The molecule has 0 aliphatic heterocycles. The van der Waals surface area contributed by atoms with Gasteiger partial charge >= 0.3 is 0 Å². The summed E-state index contributed by atoms with van der Waals surface area (Å²) in [5.74, 6) is 0.218. The minimum Gasteiger partial charge on any atom is -0.508 e. The molecule has 1 heterocycles. The van der Waals surface area contributed by atoms with Crippen molar-refractivity contribution in [3.63, 3.8) is 0 Å². The van der Waals surface area contributed by atoms with E-state index in [-0.39, 0.29) is 17.2 Å². The molecule has 0 radical (unpaired) electrons. The molecule has 6 heteroatoms. The number of carbonyl (C=O) groups excluding carboxylic acids is 1. The number of amides is 1. The summed E-state index contributed by atoms with van der Waals surface area (Å²) < 4.78 is 0. The van der Waals surface area contributed by atoms with Crippen molar-refractivity contribution in [1.82, 2.24) is 4.98 Å². The minimum atomic E-state index is -0.356. The van der Waals surface area contributed by atoms with Crippen molar-refractivity contribution in [1.29, 1.82) is 0 Å². The first-order valence-corrected chi connectivity index (χ1v) is 6.86. The average molecular weight is 275 g/mol. The first-order chi connectivity index (χ1) is 9.13. The predicted molar refractivity (Wildman–Crippen MR) is 74.6 cm³/mol. The van der Waals surface area contributed by atoms with Crippen molar-refractivity contribution in [2.24, 2.45) is 0 Å². The first-order valence-electron chi connectivity index (χ1n) is 5.99. The third kappa shape index (κ3) is 2.53.